The summed E-state index contributed by atoms with van der Waals surface area (Å²) in [6.07, 6.45) is 4.24. The number of anilines is 1. The lowest BCUT2D eigenvalue weighted by Gasteiger charge is -2.23. The van der Waals surface area contributed by atoms with Gasteiger partial charge in [0.05, 0.1) is 7.11 Å². The third-order valence-corrected chi connectivity index (χ3v) is 9.35. The Balaban J connectivity index is 0.000000828. The summed E-state index contributed by atoms with van der Waals surface area (Å²) in [7, 11) is 5.31. The van der Waals surface area contributed by atoms with Gasteiger partial charge in [0.25, 0.3) is 0 Å². The van der Waals surface area contributed by atoms with Crippen LogP contribution in [-0.4, -0.2) is 79.5 Å². The minimum Gasteiger partial charge on any atom is -0.497 e. The van der Waals surface area contributed by atoms with Gasteiger partial charge in [-0.3, -0.25) is 19.4 Å². The molecule has 13 heteroatoms. The number of carbonyl (C=O) groups excluding carboxylic acids is 3. The van der Waals surface area contributed by atoms with Crippen LogP contribution in [0.4, 0.5) is 10.1 Å². The van der Waals surface area contributed by atoms with E-state index in [2.05, 4.69) is 55.9 Å². The Labute approximate surface area is 341 Å². The number of aliphatic imine (C=N–C) groups is 1. The lowest BCUT2D eigenvalue weighted by atomic mass is 10.0. The minimum absolute atomic E-state index is 0.250. The first kappa shape index (κ1) is 44.5. The predicted octanol–water partition coefficient (Wildman–Crippen LogP) is 5.85. The van der Waals surface area contributed by atoms with Crippen LogP contribution in [0, 0.1) is 5.82 Å². The Morgan fingerprint density at radius 2 is 1.59 bits per heavy atom. The number of amides is 3. The van der Waals surface area contributed by atoms with Gasteiger partial charge in [-0.15, -0.1) is 0 Å². The molecule has 6 N–H and O–H groups in total. The van der Waals surface area contributed by atoms with Gasteiger partial charge in [-0.05, 0) is 92.0 Å². The number of para-hydroxylation sites is 1. The van der Waals surface area contributed by atoms with E-state index in [0.29, 0.717) is 38.2 Å². The van der Waals surface area contributed by atoms with Crippen LogP contribution in [0.25, 0.3) is 10.9 Å². The molecule has 58 heavy (non-hydrogen) atoms. The van der Waals surface area contributed by atoms with Crippen LogP contribution in [0.5, 0.6) is 5.75 Å². The maximum absolute atomic E-state index is 13.9. The number of rotatable bonds is 18. The predicted molar refractivity (Wildman–Crippen MR) is 230 cm³/mol. The van der Waals surface area contributed by atoms with Crippen LogP contribution in [0.3, 0.4) is 0 Å². The average Bonchev–Trinajstić information content (AvgIpc) is 3.55. The first-order chi connectivity index (χ1) is 28.0. The molecule has 308 valence electrons. The van der Waals surface area contributed by atoms with Crippen molar-refractivity contribution in [3.63, 3.8) is 0 Å². The molecule has 0 radical (unpaired) electrons. The number of hydrogen-bond donors (Lipinski definition) is 5. The first-order valence-electron chi connectivity index (χ1n) is 19.5. The van der Waals surface area contributed by atoms with E-state index in [1.54, 1.807) is 26.3 Å². The molecule has 4 aromatic carbocycles. The Morgan fingerprint density at radius 3 is 2.21 bits per heavy atom. The van der Waals surface area contributed by atoms with E-state index in [9.17, 15) is 18.8 Å². The second-order valence-corrected chi connectivity index (χ2v) is 14.1. The van der Waals surface area contributed by atoms with E-state index in [1.807, 2.05) is 78.9 Å². The molecular weight excluding hydrogens is 736 g/mol. The van der Waals surface area contributed by atoms with E-state index >= 15 is 0 Å². The number of hydrogen-bond acceptors (Lipinski definition) is 6. The first-order valence-corrected chi connectivity index (χ1v) is 19.5. The highest BCUT2D eigenvalue weighted by Gasteiger charge is 2.27. The summed E-state index contributed by atoms with van der Waals surface area (Å²) in [6, 6.07) is 29.6. The molecule has 0 aliphatic carbocycles. The molecule has 0 saturated carbocycles. The molecule has 1 heterocycles. The molecule has 0 unspecified atom stereocenters. The molecule has 3 amide bonds. The zero-order chi connectivity index (χ0) is 41.9. The van der Waals surface area contributed by atoms with Crippen LogP contribution in [0.15, 0.2) is 114 Å². The quantitative estimate of drug-likeness (QED) is 0.0424. The van der Waals surface area contributed by atoms with Crippen LogP contribution in [-0.2, 0) is 33.9 Å². The molecule has 0 saturated heterocycles. The van der Waals surface area contributed by atoms with E-state index in [0.717, 1.165) is 46.3 Å². The highest BCUT2D eigenvalue weighted by molar-refractivity contribution is 6.00. The van der Waals surface area contributed by atoms with E-state index in [1.165, 1.54) is 19.1 Å². The summed E-state index contributed by atoms with van der Waals surface area (Å²) in [5.41, 5.74) is 10.2. The summed E-state index contributed by atoms with van der Waals surface area (Å²) >= 11 is 0. The van der Waals surface area contributed by atoms with Gasteiger partial charge in [-0.2, -0.15) is 0 Å². The zero-order valence-corrected chi connectivity index (χ0v) is 34.1. The summed E-state index contributed by atoms with van der Waals surface area (Å²) in [6.45, 7) is 6.16. The topological polar surface area (TPSA) is 155 Å². The second-order valence-electron chi connectivity index (χ2n) is 14.1. The third-order valence-electron chi connectivity index (χ3n) is 9.35. The average molecular weight is 793 g/mol. The number of aromatic nitrogens is 1. The number of nitrogens with zero attached hydrogens (tertiary/aromatic N) is 3. The van der Waals surface area contributed by atoms with Crippen LogP contribution in [0.1, 0.15) is 49.8 Å². The van der Waals surface area contributed by atoms with Crippen LogP contribution < -0.4 is 31.7 Å². The van der Waals surface area contributed by atoms with Gasteiger partial charge in [0.2, 0.25) is 17.7 Å². The number of carbonyl (C=O) groups is 3. The molecule has 5 aromatic rings. The fourth-order valence-corrected chi connectivity index (χ4v) is 6.48. The Morgan fingerprint density at radius 1 is 0.897 bits per heavy atom. The molecule has 0 bridgehead atoms. The van der Waals surface area contributed by atoms with Crippen molar-refractivity contribution in [1.82, 2.24) is 25.4 Å². The number of nitrogens with one attached hydrogen (secondary N) is 4. The van der Waals surface area contributed by atoms with Crippen molar-refractivity contribution >= 4 is 40.3 Å². The lowest BCUT2D eigenvalue weighted by Crippen LogP contribution is -2.53. The van der Waals surface area contributed by atoms with E-state index < -0.39 is 18.0 Å². The number of guanidine groups is 1. The highest BCUT2D eigenvalue weighted by Crippen LogP contribution is 2.27. The van der Waals surface area contributed by atoms with Crippen molar-refractivity contribution in [2.75, 3.05) is 39.6 Å². The van der Waals surface area contributed by atoms with Gasteiger partial charge in [-0.25, -0.2) is 4.39 Å². The van der Waals surface area contributed by atoms with Gasteiger partial charge in [-0.1, -0.05) is 67.6 Å². The minimum atomic E-state index is -0.920. The maximum Gasteiger partial charge on any atom is 0.247 e. The number of ether oxygens (including phenoxy) is 1. The smallest absolute Gasteiger partial charge is 0.247 e. The van der Waals surface area contributed by atoms with Gasteiger partial charge in [0, 0.05) is 62.8 Å². The standard InChI is InChI=1S/C38H49FN8O3.C7H8O/c1-5-20-46(4)24-29-25-47(23-28-13-15-30(39)16-14-28)35-18-17-31(22-32(29)35)44-37(50)34(21-27-10-7-6-8-11-27)45-36(49)33(43-26(2)48)12-9-19-42-38(40)41-3;1-8-7-5-3-2-4-6-7/h6-8,10-11,13-18,22,25,33-34H,5,9,12,19-21,23-24H2,1-4H3,(H,43,48)(H,44,50)(H,45,49)(H3,40,41,42);2-6H,1H3/t33-,34-;/m0./s1. The third kappa shape index (κ3) is 14.4. The number of methoxy groups -OCH3 is 1. The fraction of sp³-hybridized carbons (Fsp3) is 0.333. The van der Waals surface area contributed by atoms with Gasteiger partial charge >= 0.3 is 0 Å². The van der Waals surface area contributed by atoms with Crippen molar-refractivity contribution in [2.24, 2.45) is 10.7 Å². The summed E-state index contributed by atoms with van der Waals surface area (Å²) < 4.78 is 20.6. The normalized spacial score (nSPS) is 12.2. The van der Waals surface area contributed by atoms with Crippen LogP contribution >= 0.6 is 0 Å². The maximum atomic E-state index is 13.9. The fourth-order valence-electron chi connectivity index (χ4n) is 6.48. The molecule has 5 rings (SSSR count). The molecule has 0 aliphatic heterocycles. The number of fused-ring (bicyclic) bond motifs is 1. The van der Waals surface area contributed by atoms with Crippen molar-refractivity contribution in [1.29, 1.82) is 0 Å². The molecule has 0 fully saturated rings. The van der Waals surface area contributed by atoms with Crippen molar-refractivity contribution < 1.29 is 23.5 Å². The second kappa shape index (κ2) is 23.1. The van der Waals surface area contributed by atoms with E-state index in [4.69, 9.17) is 10.5 Å². The Kier molecular flexibility index (Phi) is 17.7. The molecule has 1 aromatic heterocycles. The highest BCUT2D eigenvalue weighted by atomic mass is 19.1. The summed E-state index contributed by atoms with van der Waals surface area (Å²) in [5.74, 6) is -0.270. The number of benzene rings is 4. The van der Waals surface area contributed by atoms with Gasteiger partial charge in [0.1, 0.15) is 23.7 Å². The number of nitrogens with two attached hydrogens (primary N) is 1. The van der Waals surface area contributed by atoms with E-state index in [-0.39, 0.29) is 30.0 Å². The monoisotopic (exact) mass is 792 g/mol. The summed E-state index contributed by atoms with van der Waals surface area (Å²) in [4.78, 5) is 45.6. The van der Waals surface area contributed by atoms with Crippen molar-refractivity contribution in [2.45, 2.75) is 64.7 Å². The number of halogens is 1. The molecule has 12 nitrogen and oxygen atoms in total. The van der Waals surface area contributed by atoms with Gasteiger partial charge < -0.3 is 41.2 Å². The molecule has 0 spiro atoms. The Hall–Kier alpha value is -6.21. The van der Waals surface area contributed by atoms with Crippen molar-refractivity contribution in [3.05, 3.63) is 132 Å². The van der Waals surface area contributed by atoms with Gasteiger partial charge in [0.15, 0.2) is 5.96 Å². The largest absolute Gasteiger partial charge is 0.497 e. The van der Waals surface area contributed by atoms with Crippen LogP contribution in [0.2, 0.25) is 0 Å². The lowest BCUT2D eigenvalue weighted by molar-refractivity contribution is -0.130. The SMILES string of the molecule is CCCN(C)Cc1cn(Cc2ccc(F)cc2)c2ccc(NC(=O)[C@H](Cc3ccccc3)NC(=O)[C@H](CCCNC(N)=NC)NC(C)=O)cc12.COc1ccccc1. The summed E-state index contributed by atoms with van der Waals surface area (Å²) in [5, 5.41) is 12.6. The Bertz CT molecular complexity index is 2070. The molecule has 0 aliphatic rings. The van der Waals surface area contributed by atoms with Crippen molar-refractivity contribution in [3.8, 4) is 5.75 Å². The molecular formula is C45H57FN8O4. The zero-order valence-electron chi connectivity index (χ0n) is 34.1. The molecule has 2 atom stereocenters.